The Morgan fingerprint density at radius 2 is 1.95 bits per heavy atom. The summed E-state index contributed by atoms with van der Waals surface area (Å²) in [6.45, 7) is 1.91. The quantitative estimate of drug-likeness (QED) is 0.866. The van der Waals surface area contributed by atoms with Crippen LogP contribution in [-0.4, -0.2) is 8.42 Å². The lowest BCUT2D eigenvalue weighted by molar-refractivity contribution is 0.295. The van der Waals surface area contributed by atoms with Crippen LogP contribution in [0, 0.1) is 6.92 Å². The van der Waals surface area contributed by atoms with E-state index >= 15 is 0 Å². The Morgan fingerprint density at radius 3 is 2.57 bits per heavy atom. The van der Waals surface area contributed by atoms with Gasteiger partial charge in [-0.05, 0) is 30.7 Å². The monoisotopic (exact) mass is 389 g/mol. The van der Waals surface area contributed by atoms with Crippen molar-refractivity contribution in [3.63, 3.8) is 0 Å². The zero-order valence-corrected chi connectivity index (χ0v) is 14.3. The molecule has 2 aromatic rings. The SMILES string of the molecule is Cc1cc(Br)cc(S(N)(=O)=O)c1OCc1ccccc1Cl. The van der Waals surface area contributed by atoms with E-state index in [1.54, 1.807) is 19.1 Å². The fourth-order valence-corrected chi connectivity index (χ4v) is 3.54. The molecular weight excluding hydrogens is 378 g/mol. The van der Waals surface area contributed by atoms with Gasteiger partial charge in [-0.3, -0.25) is 0 Å². The Kier molecular flexibility index (Phi) is 4.93. The maximum absolute atomic E-state index is 11.7. The molecule has 0 aliphatic rings. The van der Waals surface area contributed by atoms with Crippen molar-refractivity contribution in [2.45, 2.75) is 18.4 Å². The van der Waals surface area contributed by atoms with E-state index in [-0.39, 0.29) is 17.3 Å². The van der Waals surface area contributed by atoms with Gasteiger partial charge in [0.1, 0.15) is 17.3 Å². The Labute approximate surface area is 137 Å². The summed E-state index contributed by atoms with van der Waals surface area (Å²) in [5.41, 5.74) is 1.43. The minimum Gasteiger partial charge on any atom is -0.487 e. The summed E-state index contributed by atoms with van der Waals surface area (Å²) in [5, 5.41) is 5.80. The fraction of sp³-hybridized carbons (Fsp3) is 0.143. The molecule has 0 amide bonds. The highest BCUT2D eigenvalue weighted by molar-refractivity contribution is 9.10. The third-order valence-corrected chi connectivity index (χ3v) is 4.58. The maximum Gasteiger partial charge on any atom is 0.241 e. The first kappa shape index (κ1) is 16.3. The van der Waals surface area contributed by atoms with Gasteiger partial charge in [-0.25, -0.2) is 13.6 Å². The molecule has 0 radical (unpaired) electrons. The highest BCUT2D eigenvalue weighted by Gasteiger charge is 2.19. The van der Waals surface area contributed by atoms with E-state index < -0.39 is 10.0 Å². The lowest BCUT2D eigenvalue weighted by Gasteiger charge is -2.14. The molecule has 0 fully saturated rings. The molecule has 112 valence electrons. The Balaban J connectivity index is 2.39. The molecule has 0 atom stereocenters. The average Bonchev–Trinajstić information content (AvgIpc) is 2.37. The lowest BCUT2D eigenvalue weighted by atomic mass is 10.2. The number of hydrogen-bond donors (Lipinski definition) is 1. The van der Waals surface area contributed by atoms with Gasteiger partial charge in [0.2, 0.25) is 10.0 Å². The van der Waals surface area contributed by atoms with Crippen LogP contribution in [0.15, 0.2) is 45.8 Å². The van der Waals surface area contributed by atoms with Gasteiger partial charge in [-0.1, -0.05) is 45.7 Å². The van der Waals surface area contributed by atoms with Crippen LogP contribution in [-0.2, 0) is 16.6 Å². The van der Waals surface area contributed by atoms with E-state index in [0.717, 1.165) is 5.56 Å². The first-order chi connectivity index (χ1) is 9.79. The third-order valence-electron chi connectivity index (χ3n) is 2.84. The van der Waals surface area contributed by atoms with Gasteiger partial charge in [0.05, 0.1) is 0 Å². The number of halogens is 2. The number of nitrogens with two attached hydrogens (primary N) is 1. The summed E-state index contributed by atoms with van der Waals surface area (Å²) < 4.78 is 29.6. The molecule has 0 aliphatic heterocycles. The second kappa shape index (κ2) is 6.36. The predicted molar refractivity (Wildman–Crippen MR) is 86.0 cm³/mol. The molecule has 0 heterocycles. The summed E-state index contributed by atoms with van der Waals surface area (Å²) in [4.78, 5) is -0.0542. The Bertz CT molecular complexity index is 778. The first-order valence-corrected chi connectivity index (χ1v) is 8.70. The minimum atomic E-state index is -3.88. The van der Waals surface area contributed by atoms with E-state index in [2.05, 4.69) is 15.9 Å². The standard InChI is InChI=1S/C14H13BrClNO3S/c1-9-6-11(15)7-13(21(17,18)19)14(9)20-8-10-4-2-3-5-12(10)16/h2-7H,8H2,1H3,(H2,17,18,19). The number of hydrogen-bond acceptors (Lipinski definition) is 3. The molecule has 7 heteroatoms. The summed E-state index contributed by atoms with van der Waals surface area (Å²) in [7, 11) is -3.88. The molecular formula is C14H13BrClNO3S. The van der Waals surface area contributed by atoms with Crippen molar-refractivity contribution in [1.29, 1.82) is 0 Å². The largest absolute Gasteiger partial charge is 0.487 e. The zero-order valence-electron chi connectivity index (χ0n) is 11.1. The predicted octanol–water partition coefficient (Wildman–Crippen LogP) is 3.64. The van der Waals surface area contributed by atoms with E-state index in [4.69, 9.17) is 21.5 Å². The van der Waals surface area contributed by atoms with Crippen molar-refractivity contribution >= 4 is 37.6 Å². The summed E-state index contributed by atoms with van der Waals surface area (Å²) in [6, 6.07) is 10.4. The Hall–Kier alpha value is -1.08. The summed E-state index contributed by atoms with van der Waals surface area (Å²) >= 11 is 9.31. The van der Waals surface area contributed by atoms with Gasteiger partial charge in [0, 0.05) is 15.1 Å². The second-order valence-corrected chi connectivity index (χ2v) is 7.33. The maximum atomic E-state index is 11.7. The normalized spacial score (nSPS) is 11.4. The minimum absolute atomic E-state index is 0.0542. The molecule has 4 nitrogen and oxygen atoms in total. The van der Waals surface area contributed by atoms with E-state index in [1.165, 1.54) is 6.07 Å². The van der Waals surface area contributed by atoms with Crippen LogP contribution in [0.1, 0.15) is 11.1 Å². The van der Waals surface area contributed by atoms with Gasteiger partial charge < -0.3 is 4.74 Å². The smallest absolute Gasteiger partial charge is 0.241 e. The van der Waals surface area contributed by atoms with Crippen molar-refractivity contribution in [3.05, 3.63) is 57.0 Å². The molecule has 0 bridgehead atoms. The average molecular weight is 391 g/mol. The van der Waals surface area contributed by atoms with Crippen LogP contribution in [0.4, 0.5) is 0 Å². The molecule has 0 spiro atoms. The second-order valence-electron chi connectivity index (χ2n) is 4.48. The van der Waals surface area contributed by atoms with Crippen molar-refractivity contribution < 1.29 is 13.2 Å². The third kappa shape index (κ3) is 3.97. The molecule has 2 aromatic carbocycles. The first-order valence-electron chi connectivity index (χ1n) is 5.98. The van der Waals surface area contributed by atoms with Crippen LogP contribution in [0.25, 0.3) is 0 Å². The van der Waals surface area contributed by atoms with Crippen LogP contribution in [0.5, 0.6) is 5.75 Å². The molecule has 21 heavy (non-hydrogen) atoms. The highest BCUT2D eigenvalue weighted by atomic mass is 79.9. The molecule has 2 N–H and O–H groups in total. The van der Waals surface area contributed by atoms with Gasteiger partial charge >= 0.3 is 0 Å². The summed E-state index contributed by atoms with van der Waals surface area (Å²) in [6.07, 6.45) is 0. The topological polar surface area (TPSA) is 69.4 Å². The van der Waals surface area contributed by atoms with E-state index in [1.807, 2.05) is 18.2 Å². The molecule has 0 saturated heterocycles. The molecule has 2 rings (SSSR count). The number of sulfonamides is 1. The van der Waals surface area contributed by atoms with Crippen molar-refractivity contribution in [2.24, 2.45) is 5.14 Å². The molecule has 0 aliphatic carbocycles. The van der Waals surface area contributed by atoms with Gasteiger partial charge in [-0.2, -0.15) is 0 Å². The number of aryl methyl sites for hydroxylation is 1. The van der Waals surface area contributed by atoms with Crippen LogP contribution in [0.2, 0.25) is 5.02 Å². The zero-order chi connectivity index (χ0) is 15.6. The highest BCUT2D eigenvalue weighted by Crippen LogP contribution is 2.32. The number of ether oxygens (including phenoxy) is 1. The molecule has 0 aromatic heterocycles. The van der Waals surface area contributed by atoms with Crippen molar-refractivity contribution in [1.82, 2.24) is 0 Å². The van der Waals surface area contributed by atoms with Crippen molar-refractivity contribution in [3.8, 4) is 5.75 Å². The molecule has 0 saturated carbocycles. The fourth-order valence-electron chi connectivity index (χ4n) is 1.86. The van der Waals surface area contributed by atoms with E-state index in [0.29, 0.717) is 15.1 Å². The number of primary sulfonamides is 1. The van der Waals surface area contributed by atoms with Gasteiger partial charge in [-0.15, -0.1) is 0 Å². The van der Waals surface area contributed by atoms with E-state index in [9.17, 15) is 8.42 Å². The number of rotatable bonds is 4. The molecule has 0 unspecified atom stereocenters. The van der Waals surface area contributed by atoms with Crippen LogP contribution < -0.4 is 9.88 Å². The Morgan fingerprint density at radius 1 is 1.29 bits per heavy atom. The lowest BCUT2D eigenvalue weighted by Crippen LogP contribution is -2.14. The van der Waals surface area contributed by atoms with Gasteiger partial charge in [0.25, 0.3) is 0 Å². The number of benzene rings is 2. The van der Waals surface area contributed by atoms with Crippen molar-refractivity contribution in [2.75, 3.05) is 0 Å². The summed E-state index contributed by atoms with van der Waals surface area (Å²) in [5.74, 6) is 0.237. The van der Waals surface area contributed by atoms with Crippen LogP contribution >= 0.6 is 27.5 Å². The van der Waals surface area contributed by atoms with Crippen LogP contribution in [0.3, 0.4) is 0 Å². The van der Waals surface area contributed by atoms with Gasteiger partial charge in [0.15, 0.2) is 0 Å².